The standard InChI is InChI=1S/C15H18BrFN2O2/c1-8(2)14-15(21)19(5-4-13(20)18-14)12-7-11(17)10(16)6-9(12)3/h6-8,14H,4-5H2,1-3H3,(H,18,20). The minimum Gasteiger partial charge on any atom is -0.344 e. The largest absolute Gasteiger partial charge is 0.344 e. The summed E-state index contributed by atoms with van der Waals surface area (Å²) >= 11 is 3.13. The molecule has 0 saturated carbocycles. The summed E-state index contributed by atoms with van der Waals surface area (Å²) in [5.74, 6) is -0.795. The molecular weight excluding hydrogens is 339 g/mol. The Balaban J connectivity index is 2.44. The maximum absolute atomic E-state index is 13.8. The first-order valence-corrected chi connectivity index (χ1v) is 7.67. The molecule has 2 amide bonds. The lowest BCUT2D eigenvalue weighted by molar-refractivity contribution is -0.126. The van der Waals surface area contributed by atoms with E-state index in [-0.39, 0.29) is 30.7 Å². The van der Waals surface area contributed by atoms with E-state index in [1.54, 1.807) is 6.07 Å². The minimum atomic E-state index is -0.578. The van der Waals surface area contributed by atoms with Gasteiger partial charge in [0.1, 0.15) is 11.9 Å². The zero-order chi connectivity index (χ0) is 15.7. The van der Waals surface area contributed by atoms with Crippen molar-refractivity contribution in [2.45, 2.75) is 33.2 Å². The molecule has 2 rings (SSSR count). The van der Waals surface area contributed by atoms with E-state index < -0.39 is 11.9 Å². The second-order valence-corrected chi connectivity index (χ2v) is 6.44. The van der Waals surface area contributed by atoms with Crippen molar-refractivity contribution in [1.82, 2.24) is 5.32 Å². The zero-order valence-electron chi connectivity index (χ0n) is 12.2. The number of aryl methyl sites for hydroxylation is 1. The van der Waals surface area contributed by atoms with Crippen LogP contribution in [0.2, 0.25) is 0 Å². The van der Waals surface area contributed by atoms with Crippen LogP contribution in [0.5, 0.6) is 0 Å². The van der Waals surface area contributed by atoms with E-state index >= 15 is 0 Å². The van der Waals surface area contributed by atoms with Gasteiger partial charge in [0, 0.05) is 18.7 Å². The molecule has 1 heterocycles. The monoisotopic (exact) mass is 356 g/mol. The highest BCUT2D eigenvalue weighted by atomic mass is 79.9. The molecule has 21 heavy (non-hydrogen) atoms. The number of carbonyl (C=O) groups is 2. The van der Waals surface area contributed by atoms with Gasteiger partial charge >= 0.3 is 0 Å². The molecule has 1 aromatic rings. The highest BCUT2D eigenvalue weighted by Crippen LogP contribution is 2.28. The predicted molar refractivity (Wildman–Crippen MR) is 82.6 cm³/mol. The highest BCUT2D eigenvalue weighted by molar-refractivity contribution is 9.10. The molecule has 1 N–H and O–H groups in total. The van der Waals surface area contributed by atoms with Crippen molar-refractivity contribution in [3.05, 3.63) is 28.0 Å². The zero-order valence-corrected chi connectivity index (χ0v) is 13.8. The molecular formula is C15H18BrFN2O2. The van der Waals surface area contributed by atoms with Gasteiger partial charge in [-0.3, -0.25) is 9.59 Å². The van der Waals surface area contributed by atoms with E-state index in [2.05, 4.69) is 21.2 Å². The summed E-state index contributed by atoms with van der Waals surface area (Å²) in [5, 5.41) is 2.74. The number of anilines is 1. The van der Waals surface area contributed by atoms with Gasteiger partial charge in [-0.2, -0.15) is 0 Å². The third kappa shape index (κ3) is 3.26. The van der Waals surface area contributed by atoms with Crippen molar-refractivity contribution in [3.8, 4) is 0 Å². The highest BCUT2D eigenvalue weighted by Gasteiger charge is 2.33. The van der Waals surface area contributed by atoms with Gasteiger partial charge in [-0.25, -0.2) is 4.39 Å². The summed E-state index contributed by atoms with van der Waals surface area (Å²) in [5.41, 5.74) is 1.30. The Labute approximate surface area is 131 Å². The lowest BCUT2D eigenvalue weighted by atomic mass is 10.0. The Morgan fingerprint density at radius 1 is 1.38 bits per heavy atom. The van der Waals surface area contributed by atoms with Gasteiger partial charge in [-0.05, 0) is 46.5 Å². The van der Waals surface area contributed by atoms with Crippen LogP contribution >= 0.6 is 15.9 Å². The molecule has 1 aromatic carbocycles. The van der Waals surface area contributed by atoms with Crippen LogP contribution in [0.1, 0.15) is 25.8 Å². The number of nitrogens with one attached hydrogen (secondary N) is 1. The number of amides is 2. The van der Waals surface area contributed by atoms with Gasteiger partial charge in [-0.1, -0.05) is 13.8 Å². The Hall–Kier alpha value is -1.43. The summed E-state index contributed by atoms with van der Waals surface area (Å²) in [6.07, 6.45) is 0.214. The molecule has 1 saturated heterocycles. The molecule has 1 atom stereocenters. The number of benzene rings is 1. The molecule has 1 unspecified atom stereocenters. The smallest absolute Gasteiger partial charge is 0.249 e. The van der Waals surface area contributed by atoms with E-state index in [1.807, 2.05) is 20.8 Å². The van der Waals surface area contributed by atoms with Crippen molar-refractivity contribution >= 4 is 33.4 Å². The molecule has 1 fully saturated rings. The molecule has 4 nitrogen and oxygen atoms in total. The van der Waals surface area contributed by atoms with Crippen LogP contribution in [0, 0.1) is 18.7 Å². The fourth-order valence-corrected chi connectivity index (χ4v) is 2.87. The Morgan fingerprint density at radius 2 is 2.05 bits per heavy atom. The topological polar surface area (TPSA) is 49.4 Å². The average Bonchev–Trinajstić information content (AvgIpc) is 2.54. The number of hydrogen-bond acceptors (Lipinski definition) is 2. The Bertz CT molecular complexity index is 589. The number of nitrogens with zero attached hydrogens (tertiary/aromatic N) is 1. The molecule has 114 valence electrons. The number of rotatable bonds is 2. The second kappa shape index (κ2) is 6.13. The maximum atomic E-state index is 13.8. The summed E-state index contributed by atoms with van der Waals surface area (Å²) in [4.78, 5) is 25.9. The first kappa shape index (κ1) is 15.9. The van der Waals surface area contributed by atoms with Gasteiger partial charge in [0.2, 0.25) is 11.8 Å². The predicted octanol–water partition coefficient (Wildman–Crippen LogP) is 2.77. The molecule has 1 aliphatic heterocycles. The van der Waals surface area contributed by atoms with Crippen molar-refractivity contribution in [3.63, 3.8) is 0 Å². The second-order valence-electron chi connectivity index (χ2n) is 5.58. The van der Waals surface area contributed by atoms with E-state index in [0.717, 1.165) is 5.56 Å². The average molecular weight is 357 g/mol. The third-order valence-corrected chi connectivity index (χ3v) is 4.22. The summed E-state index contributed by atoms with van der Waals surface area (Å²) in [7, 11) is 0. The van der Waals surface area contributed by atoms with Gasteiger partial charge in [0.25, 0.3) is 0 Å². The van der Waals surface area contributed by atoms with E-state index in [1.165, 1.54) is 11.0 Å². The molecule has 1 aliphatic rings. The quantitative estimate of drug-likeness (QED) is 0.885. The van der Waals surface area contributed by atoms with Crippen molar-refractivity contribution in [2.24, 2.45) is 5.92 Å². The van der Waals surface area contributed by atoms with Crippen LogP contribution in [-0.2, 0) is 9.59 Å². The van der Waals surface area contributed by atoms with Crippen LogP contribution in [0.4, 0.5) is 10.1 Å². The van der Waals surface area contributed by atoms with Crippen LogP contribution in [0.3, 0.4) is 0 Å². The van der Waals surface area contributed by atoms with E-state index in [0.29, 0.717) is 10.2 Å². The normalized spacial score (nSPS) is 19.7. The fourth-order valence-electron chi connectivity index (χ4n) is 2.42. The van der Waals surface area contributed by atoms with E-state index in [9.17, 15) is 14.0 Å². The van der Waals surface area contributed by atoms with Gasteiger partial charge < -0.3 is 10.2 Å². The first-order valence-electron chi connectivity index (χ1n) is 6.87. The number of halogens is 2. The molecule has 6 heteroatoms. The first-order chi connectivity index (χ1) is 9.81. The van der Waals surface area contributed by atoms with Crippen molar-refractivity contribution < 1.29 is 14.0 Å². The van der Waals surface area contributed by atoms with E-state index in [4.69, 9.17) is 0 Å². The number of carbonyl (C=O) groups excluding carboxylic acids is 2. The van der Waals surface area contributed by atoms with Crippen LogP contribution in [0.25, 0.3) is 0 Å². The summed E-state index contributed by atoms with van der Waals surface area (Å²) < 4.78 is 14.2. The van der Waals surface area contributed by atoms with Gasteiger partial charge in [0.15, 0.2) is 0 Å². The molecule has 0 aliphatic carbocycles. The van der Waals surface area contributed by atoms with Crippen molar-refractivity contribution in [1.29, 1.82) is 0 Å². The lowest BCUT2D eigenvalue weighted by Crippen LogP contribution is -2.48. The maximum Gasteiger partial charge on any atom is 0.249 e. The summed E-state index contributed by atoms with van der Waals surface area (Å²) in [6, 6.07) is 2.40. The SMILES string of the molecule is Cc1cc(Br)c(F)cc1N1CCC(=O)NC(C(C)C)C1=O. The fraction of sp³-hybridized carbons (Fsp3) is 0.467. The van der Waals surface area contributed by atoms with Crippen molar-refractivity contribution in [2.75, 3.05) is 11.4 Å². The third-order valence-electron chi connectivity index (χ3n) is 3.61. The lowest BCUT2D eigenvalue weighted by Gasteiger charge is -2.27. The molecule has 0 aromatic heterocycles. The Kier molecular flexibility index (Phi) is 4.66. The minimum absolute atomic E-state index is 0.0253. The van der Waals surface area contributed by atoms with Gasteiger partial charge in [0.05, 0.1) is 4.47 Å². The summed E-state index contributed by atoms with van der Waals surface area (Å²) in [6.45, 7) is 5.83. The van der Waals surface area contributed by atoms with Crippen LogP contribution in [-0.4, -0.2) is 24.4 Å². The Morgan fingerprint density at radius 3 is 2.67 bits per heavy atom. The van der Waals surface area contributed by atoms with Crippen LogP contribution in [0.15, 0.2) is 16.6 Å². The number of hydrogen-bond donors (Lipinski definition) is 1. The molecule has 0 spiro atoms. The molecule has 0 bridgehead atoms. The van der Waals surface area contributed by atoms with Gasteiger partial charge in [-0.15, -0.1) is 0 Å². The van der Waals surface area contributed by atoms with Crippen LogP contribution < -0.4 is 10.2 Å². The molecule has 0 radical (unpaired) electrons.